The summed E-state index contributed by atoms with van der Waals surface area (Å²) in [6.07, 6.45) is 2.69. The molecule has 2 atom stereocenters. The maximum Gasteiger partial charge on any atom is 0.244 e. The lowest BCUT2D eigenvalue weighted by Crippen LogP contribution is -2.47. The third-order valence-corrected chi connectivity index (χ3v) is 7.36. The zero-order valence-electron chi connectivity index (χ0n) is 12.9. The molecule has 0 amide bonds. The maximum absolute atomic E-state index is 12.9. The Morgan fingerprint density at radius 3 is 2.76 bits per heavy atom. The molecule has 21 heavy (non-hydrogen) atoms. The van der Waals surface area contributed by atoms with Gasteiger partial charge in [-0.1, -0.05) is 13.8 Å². The van der Waals surface area contributed by atoms with Crippen molar-refractivity contribution in [2.45, 2.75) is 56.5 Å². The van der Waals surface area contributed by atoms with Gasteiger partial charge in [-0.2, -0.15) is 16.1 Å². The molecule has 5 nitrogen and oxygen atoms in total. The molecule has 1 saturated heterocycles. The number of aromatic nitrogens is 1. The first-order chi connectivity index (χ1) is 9.91. The van der Waals surface area contributed by atoms with Gasteiger partial charge in [0.15, 0.2) is 0 Å². The van der Waals surface area contributed by atoms with E-state index in [-0.39, 0.29) is 6.04 Å². The van der Waals surface area contributed by atoms with E-state index >= 15 is 0 Å². The van der Waals surface area contributed by atoms with Crippen LogP contribution in [0.25, 0.3) is 0 Å². The highest BCUT2D eigenvalue weighted by atomic mass is 32.2. The van der Waals surface area contributed by atoms with Crippen molar-refractivity contribution in [1.29, 1.82) is 0 Å². The van der Waals surface area contributed by atoms with Gasteiger partial charge in [-0.05, 0) is 19.4 Å². The third-order valence-electron chi connectivity index (χ3n) is 4.07. The molecule has 2 rings (SSSR count). The van der Waals surface area contributed by atoms with E-state index in [9.17, 15) is 8.42 Å². The van der Waals surface area contributed by atoms with Crippen LogP contribution in [-0.2, 0) is 23.1 Å². The van der Waals surface area contributed by atoms with Crippen LogP contribution in [0.5, 0.6) is 0 Å². The molecule has 0 aliphatic carbocycles. The molecule has 1 fully saturated rings. The lowest BCUT2D eigenvalue weighted by molar-refractivity contribution is 0.340. The smallest absolute Gasteiger partial charge is 0.244 e. The Bertz CT molecular complexity index is 583. The Hall–Kier alpha value is -0.500. The summed E-state index contributed by atoms with van der Waals surface area (Å²) < 4.78 is 29.4. The van der Waals surface area contributed by atoms with E-state index in [0.717, 1.165) is 24.4 Å². The molecule has 2 heterocycles. The van der Waals surface area contributed by atoms with Crippen LogP contribution in [0.3, 0.4) is 0 Å². The van der Waals surface area contributed by atoms with Gasteiger partial charge in [-0.15, -0.1) is 0 Å². The molecule has 2 N–H and O–H groups in total. The van der Waals surface area contributed by atoms with Gasteiger partial charge in [-0.3, -0.25) is 0 Å². The van der Waals surface area contributed by atoms with Crippen molar-refractivity contribution in [1.82, 2.24) is 8.87 Å². The number of thioether (sulfide) groups is 1. The van der Waals surface area contributed by atoms with E-state index in [1.807, 2.05) is 23.3 Å². The highest BCUT2D eigenvalue weighted by Crippen LogP contribution is 2.30. The number of sulfonamides is 1. The van der Waals surface area contributed by atoms with Crippen molar-refractivity contribution in [3.05, 3.63) is 18.0 Å². The molecule has 1 aromatic heterocycles. The van der Waals surface area contributed by atoms with Gasteiger partial charge < -0.3 is 10.3 Å². The summed E-state index contributed by atoms with van der Waals surface area (Å²) in [7, 11) is -3.43. The minimum absolute atomic E-state index is 0.0181. The first-order valence-electron chi connectivity index (χ1n) is 7.44. The molecular formula is C14H25N3O2S2. The van der Waals surface area contributed by atoms with E-state index in [1.54, 1.807) is 16.6 Å². The number of nitrogens with zero attached hydrogens (tertiary/aromatic N) is 2. The topological polar surface area (TPSA) is 68.3 Å². The van der Waals surface area contributed by atoms with Crippen molar-refractivity contribution in [3.63, 3.8) is 0 Å². The lowest BCUT2D eigenvalue weighted by atomic mass is 10.2. The summed E-state index contributed by atoms with van der Waals surface area (Å²) in [5, 5.41) is 0.320. The van der Waals surface area contributed by atoms with Crippen molar-refractivity contribution < 1.29 is 8.42 Å². The molecule has 0 spiro atoms. The fraction of sp³-hybridized carbons (Fsp3) is 0.714. The average molecular weight is 332 g/mol. The summed E-state index contributed by atoms with van der Waals surface area (Å²) in [4.78, 5) is 0.377. The van der Waals surface area contributed by atoms with Crippen molar-refractivity contribution in [2.24, 2.45) is 5.73 Å². The molecular weight excluding hydrogens is 306 g/mol. The SMILES string of the molecule is CCCn1cc(S(=O)(=O)N2CCSC(C)C2C)cc1CN. The van der Waals surface area contributed by atoms with Crippen molar-refractivity contribution >= 4 is 21.8 Å². The number of hydrogen-bond acceptors (Lipinski definition) is 4. The summed E-state index contributed by atoms with van der Waals surface area (Å²) in [5.74, 6) is 0.851. The van der Waals surface area contributed by atoms with Crippen LogP contribution in [0.1, 0.15) is 32.9 Å². The Kier molecular flexibility index (Phi) is 5.40. The molecule has 0 saturated carbocycles. The highest BCUT2D eigenvalue weighted by molar-refractivity contribution is 8.00. The number of rotatable bonds is 5. The van der Waals surface area contributed by atoms with Crippen LogP contribution in [-0.4, -0.2) is 40.9 Å². The molecule has 120 valence electrons. The number of nitrogens with two attached hydrogens (primary N) is 1. The molecule has 0 radical (unpaired) electrons. The van der Waals surface area contributed by atoms with Crippen LogP contribution in [0, 0.1) is 0 Å². The standard InChI is InChI=1S/C14H25N3O2S2/c1-4-5-16-10-14(8-13(16)9-15)21(18,19)17-6-7-20-12(3)11(17)2/h8,10-12H,4-7,9,15H2,1-3H3. The van der Waals surface area contributed by atoms with Crippen LogP contribution >= 0.6 is 11.8 Å². The van der Waals surface area contributed by atoms with Crippen molar-refractivity contribution in [3.8, 4) is 0 Å². The normalized spacial score (nSPS) is 24.4. The van der Waals surface area contributed by atoms with Crippen LogP contribution in [0.15, 0.2) is 17.2 Å². The van der Waals surface area contributed by atoms with Gasteiger partial charge in [0.1, 0.15) is 4.90 Å². The van der Waals surface area contributed by atoms with Crippen LogP contribution in [0.2, 0.25) is 0 Å². The number of aryl methyl sites for hydroxylation is 1. The van der Waals surface area contributed by atoms with E-state index in [1.165, 1.54) is 0 Å². The summed E-state index contributed by atoms with van der Waals surface area (Å²) in [6, 6.07) is 1.74. The van der Waals surface area contributed by atoms with E-state index < -0.39 is 10.0 Å². The predicted octanol–water partition coefficient (Wildman–Crippen LogP) is 1.87. The van der Waals surface area contributed by atoms with E-state index in [0.29, 0.717) is 23.2 Å². The Morgan fingerprint density at radius 1 is 1.43 bits per heavy atom. The Labute approximate surface area is 131 Å². The molecule has 1 aromatic rings. The molecule has 0 bridgehead atoms. The summed E-state index contributed by atoms with van der Waals surface area (Å²) >= 11 is 1.83. The predicted molar refractivity (Wildman–Crippen MR) is 87.9 cm³/mol. The zero-order chi connectivity index (χ0) is 15.6. The van der Waals surface area contributed by atoms with Gasteiger partial charge >= 0.3 is 0 Å². The van der Waals surface area contributed by atoms with Crippen molar-refractivity contribution in [2.75, 3.05) is 12.3 Å². The largest absolute Gasteiger partial charge is 0.349 e. The summed E-state index contributed by atoms with van der Waals surface area (Å²) in [5.41, 5.74) is 6.61. The molecule has 1 aliphatic rings. The maximum atomic E-state index is 12.9. The van der Waals surface area contributed by atoms with Crippen LogP contribution in [0.4, 0.5) is 0 Å². The van der Waals surface area contributed by atoms with E-state index in [4.69, 9.17) is 5.73 Å². The lowest BCUT2D eigenvalue weighted by Gasteiger charge is -2.36. The minimum Gasteiger partial charge on any atom is -0.349 e. The van der Waals surface area contributed by atoms with Gasteiger partial charge in [0.2, 0.25) is 10.0 Å². The summed E-state index contributed by atoms with van der Waals surface area (Å²) in [6.45, 7) is 7.88. The molecule has 2 unspecified atom stereocenters. The molecule has 7 heteroatoms. The Morgan fingerprint density at radius 2 is 2.14 bits per heavy atom. The second-order valence-electron chi connectivity index (χ2n) is 5.50. The minimum atomic E-state index is -3.43. The second-order valence-corrected chi connectivity index (χ2v) is 8.87. The van der Waals surface area contributed by atoms with E-state index in [2.05, 4.69) is 13.8 Å². The fourth-order valence-electron chi connectivity index (χ4n) is 2.67. The highest BCUT2D eigenvalue weighted by Gasteiger charge is 2.35. The second kappa shape index (κ2) is 6.73. The first kappa shape index (κ1) is 16.9. The number of hydrogen-bond donors (Lipinski definition) is 1. The third kappa shape index (κ3) is 3.31. The van der Waals surface area contributed by atoms with Gasteiger partial charge in [-0.25, -0.2) is 8.42 Å². The fourth-order valence-corrected chi connectivity index (χ4v) is 5.73. The zero-order valence-corrected chi connectivity index (χ0v) is 14.6. The van der Waals surface area contributed by atoms with Crippen LogP contribution < -0.4 is 5.73 Å². The first-order valence-corrected chi connectivity index (χ1v) is 9.93. The van der Waals surface area contributed by atoms with Gasteiger partial charge in [0.25, 0.3) is 0 Å². The Balaban J connectivity index is 2.35. The van der Waals surface area contributed by atoms with Gasteiger partial charge in [0.05, 0.1) is 0 Å². The van der Waals surface area contributed by atoms with Gasteiger partial charge in [0, 0.05) is 48.6 Å². The molecule has 0 aromatic carbocycles. The monoisotopic (exact) mass is 331 g/mol. The molecule has 1 aliphatic heterocycles. The average Bonchev–Trinajstić information content (AvgIpc) is 2.86. The quantitative estimate of drug-likeness (QED) is 0.894.